The van der Waals surface area contributed by atoms with Gasteiger partial charge in [-0.15, -0.1) is 0 Å². The highest BCUT2D eigenvalue weighted by Gasteiger charge is 2.15. The van der Waals surface area contributed by atoms with Gasteiger partial charge in [-0.1, -0.05) is 0 Å². The molecule has 3 aromatic rings. The summed E-state index contributed by atoms with van der Waals surface area (Å²) in [6.45, 7) is 0. The maximum absolute atomic E-state index is 12.6. The molecule has 0 aliphatic heterocycles. The van der Waals surface area contributed by atoms with Crippen LogP contribution in [-0.2, 0) is 0 Å². The monoisotopic (exact) mass is 450 g/mol. The van der Waals surface area contributed by atoms with Gasteiger partial charge in [-0.2, -0.15) is 5.10 Å². The third-order valence-electron chi connectivity index (χ3n) is 4.52. The Morgan fingerprint density at radius 1 is 0.788 bits per heavy atom. The Morgan fingerprint density at radius 3 is 2.06 bits per heavy atom. The first-order chi connectivity index (χ1) is 15.9. The topological polar surface area (TPSA) is 116 Å². The van der Waals surface area contributed by atoms with E-state index in [0.29, 0.717) is 28.4 Å². The van der Waals surface area contributed by atoms with Gasteiger partial charge < -0.3 is 24.1 Å². The van der Waals surface area contributed by atoms with Crippen LogP contribution in [0.2, 0.25) is 0 Å². The zero-order chi connectivity index (χ0) is 23.8. The van der Waals surface area contributed by atoms with Crippen molar-refractivity contribution in [1.82, 2.24) is 5.43 Å². The van der Waals surface area contributed by atoms with E-state index in [1.807, 2.05) is 0 Å². The Hall–Kier alpha value is -4.53. The maximum atomic E-state index is 12.6. The molecule has 170 valence electrons. The minimum Gasteiger partial charge on any atom is -0.508 e. The van der Waals surface area contributed by atoms with Gasteiger partial charge in [0.2, 0.25) is 0 Å². The lowest BCUT2D eigenvalue weighted by Crippen LogP contribution is -2.17. The summed E-state index contributed by atoms with van der Waals surface area (Å²) in [6.07, 6.45) is 1.42. The molecular formula is C24H22N2O7. The van der Waals surface area contributed by atoms with Gasteiger partial charge in [-0.3, -0.25) is 4.79 Å². The molecule has 0 aliphatic rings. The van der Waals surface area contributed by atoms with Crippen LogP contribution in [0.3, 0.4) is 0 Å². The molecule has 0 bridgehead atoms. The number of carbonyl (C=O) groups excluding carboxylic acids is 2. The van der Waals surface area contributed by atoms with Crippen LogP contribution in [0.4, 0.5) is 0 Å². The molecule has 3 rings (SSSR count). The number of nitrogens with zero attached hydrogens (tertiary/aromatic N) is 1. The van der Waals surface area contributed by atoms with Crippen LogP contribution in [0.1, 0.15) is 26.3 Å². The minimum absolute atomic E-state index is 0.0639. The summed E-state index contributed by atoms with van der Waals surface area (Å²) >= 11 is 0. The van der Waals surface area contributed by atoms with Crippen LogP contribution >= 0.6 is 0 Å². The number of esters is 1. The molecule has 2 N–H and O–H groups in total. The van der Waals surface area contributed by atoms with Crippen molar-refractivity contribution in [2.24, 2.45) is 5.10 Å². The third-order valence-corrected chi connectivity index (χ3v) is 4.52. The lowest BCUT2D eigenvalue weighted by Gasteiger charge is -2.11. The molecule has 0 spiro atoms. The maximum Gasteiger partial charge on any atom is 0.343 e. The Bertz CT molecular complexity index is 1170. The van der Waals surface area contributed by atoms with E-state index in [0.717, 1.165) is 0 Å². The fourth-order valence-corrected chi connectivity index (χ4v) is 2.81. The van der Waals surface area contributed by atoms with E-state index in [-0.39, 0.29) is 17.1 Å². The molecule has 0 radical (unpaired) electrons. The molecule has 0 aromatic heterocycles. The predicted molar refractivity (Wildman–Crippen MR) is 121 cm³/mol. The van der Waals surface area contributed by atoms with E-state index in [1.54, 1.807) is 30.3 Å². The van der Waals surface area contributed by atoms with Crippen molar-refractivity contribution < 1.29 is 33.6 Å². The summed E-state index contributed by atoms with van der Waals surface area (Å²) in [5, 5.41) is 13.2. The van der Waals surface area contributed by atoms with Crippen molar-refractivity contribution in [3.63, 3.8) is 0 Å². The first-order valence-corrected chi connectivity index (χ1v) is 9.70. The van der Waals surface area contributed by atoms with E-state index in [1.165, 1.54) is 57.9 Å². The zero-order valence-corrected chi connectivity index (χ0v) is 18.2. The predicted octanol–water partition coefficient (Wildman–Crippen LogP) is 3.40. The number of hydrogen-bond donors (Lipinski definition) is 2. The Balaban J connectivity index is 1.69. The Labute approximate surface area is 190 Å². The molecule has 0 aliphatic carbocycles. The largest absolute Gasteiger partial charge is 0.508 e. The van der Waals surface area contributed by atoms with Crippen LogP contribution in [0.5, 0.6) is 28.7 Å². The number of amides is 1. The van der Waals surface area contributed by atoms with Gasteiger partial charge in [0.15, 0.2) is 23.0 Å². The highest BCUT2D eigenvalue weighted by atomic mass is 16.6. The number of benzene rings is 3. The van der Waals surface area contributed by atoms with Crippen LogP contribution < -0.4 is 24.4 Å². The van der Waals surface area contributed by atoms with Crippen LogP contribution in [-0.4, -0.2) is 44.5 Å². The highest BCUT2D eigenvalue weighted by Crippen LogP contribution is 2.31. The standard InChI is InChI=1S/C24H22N2O7/c1-30-19-11-7-17(13-22(19)32-3)24(29)33-20-10-4-15(12-21(20)31-2)14-25-26-23(28)16-5-8-18(27)9-6-16/h4-14,27H,1-3H3,(H,26,28)/b25-14+. The van der Waals surface area contributed by atoms with Crippen molar-refractivity contribution in [1.29, 1.82) is 0 Å². The normalized spacial score (nSPS) is 10.5. The summed E-state index contributed by atoms with van der Waals surface area (Å²) in [4.78, 5) is 24.6. The lowest BCUT2D eigenvalue weighted by molar-refractivity contribution is 0.0729. The van der Waals surface area contributed by atoms with Gasteiger partial charge in [-0.05, 0) is 66.2 Å². The smallest absolute Gasteiger partial charge is 0.343 e. The summed E-state index contributed by atoms with van der Waals surface area (Å²) in [7, 11) is 4.42. The van der Waals surface area contributed by atoms with Gasteiger partial charge in [-0.25, -0.2) is 10.2 Å². The number of hydrogen-bond acceptors (Lipinski definition) is 8. The fourth-order valence-electron chi connectivity index (χ4n) is 2.81. The molecule has 9 nitrogen and oxygen atoms in total. The first-order valence-electron chi connectivity index (χ1n) is 9.70. The number of phenols is 1. The SMILES string of the molecule is COc1ccc(C(=O)Oc2ccc(/C=N/NC(=O)c3ccc(O)cc3)cc2OC)cc1OC. The van der Waals surface area contributed by atoms with Crippen molar-refractivity contribution >= 4 is 18.1 Å². The molecule has 33 heavy (non-hydrogen) atoms. The molecule has 0 unspecified atom stereocenters. The second-order valence-corrected chi connectivity index (χ2v) is 6.62. The van der Waals surface area contributed by atoms with Gasteiger partial charge in [0.05, 0.1) is 33.1 Å². The van der Waals surface area contributed by atoms with Crippen LogP contribution in [0, 0.1) is 0 Å². The van der Waals surface area contributed by atoms with E-state index < -0.39 is 11.9 Å². The Kier molecular flexibility index (Phi) is 7.48. The van der Waals surface area contributed by atoms with E-state index in [2.05, 4.69) is 10.5 Å². The van der Waals surface area contributed by atoms with Crippen LogP contribution in [0.15, 0.2) is 65.8 Å². The number of rotatable bonds is 8. The summed E-state index contributed by atoms with van der Waals surface area (Å²) in [6, 6.07) is 15.3. The molecule has 0 saturated carbocycles. The average molecular weight is 450 g/mol. The second-order valence-electron chi connectivity index (χ2n) is 6.62. The number of methoxy groups -OCH3 is 3. The van der Waals surface area contributed by atoms with E-state index in [9.17, 15) is 14.7 Å². The number of ether oxygens (including phenoxy) is 4. The van der Waals surface area contributed by atoms with E-state index in [4.69, 9.17) is 18.9 Å². The van der Waals surface area contributed by atoms with Crippen LogP contribution in [0.25, 0.3) is 0 Å². The molecule has 0 saturated heterocycles. The van der Waals surface area contributed by atoms with Crippen molar-refractivity contribution in [2.75, 3.05) is 21.3 Å². The van der Waals surface area contributed by atoms with Gasteiger partial charge in [0, 0.05) is 5.56 Å². The third kappa shape index (κ3) is 5.79. The van der Waals surface area contributed by atoms with Gasteiger partial charge in [0.25, 0.3) is 5.91 Å². The van der Waals surface area contributed by atoms with Crippen molar-refractivity contribution in [3.8, 4) is 28.7 Å². The molecule has 0 heterocycles. The highest BCUT2D eigenvalue weighted by molar-refractivity contribution is 5.95. The second kappa shape index (κ2) is 10.7. The molecular weight excluding hydrogens is 428 g/mol. The lowest BCUT2D eigenvalue weighted by atomic mass is 10.2. The van der Waals surface area contributed by atoms with Gasteiger partial charge in [0.1, 0.15) is 5.75 Å². The number of carbonyl (C=O) groups is 2. The van der Waals surface area contributed by atoms with Crippen molar-refractivity contribution in [3.05, 3.63) is 77.4 Å². The van der Waals surface area contributed by atoms with Crippen molar-refractivity contribution in [2.45, 2.75) is 0 Å². The Morgan fingerprint density at radius 2 is 1.39 bits per heavy atom. The van der Waals surface area contributed by atoms with E-state index >= 15 is 0 Å². The molecule has 3 aromatic carbocycles. The number of aromatic hydroxyl groups is 1. The van der Waals surface area contributed by atoms with Gasteiger partial charge >= 0.3 is 5.97 Å². The molecule has 9 heteroatoms. The number of nitrogens with one attached hydrogen (secondary N) is 1. The molecule has 0 fully saturated rings. The minimum atomic E-state index is -0.600. The zero-order valence-electron chi connectivity index (χ0n) is 18.2. The number of hydrazone groups is 1. The summed E-state index contributed by atoms with van der Waals surface area (Å²) < 4.78 is 21.2. The fraction of sp³-hybridized carbons (Fsp3) is 0.125. The number of phenolic OH excluding ortho intramolecular Hbond substituents is 1. The summed E-state index contributed by atoms with van der Waals surface area (Å²) in [5.74, 6) is 0.442. The molecule has 0 atom stereocenters. The quantitative estimate of drug-likeness (QED) is 0.234. The molecule has 1 amide bonds. The first kappa shape index (κ1) is 23.1. The average Bonchev–Trinajstić information content (AvgIpc) is 2.84. The summed E-state index contributed by atoms with van der Waals surface area (Å²) in [5.41, 5.74) is 3.62.